The van der Waals surface area contributed by atoms with Crippen LogP contribution < -0.4 is 0 Å². The quantitative estimate of drug-likeness (QED) is 0.275. The third kappa shape index (κ3) is 9.64. The second-order valence-corrected chi connectivity index (χ2v) is 15.0. The number of halogens is 2. The second kappa shape index (κ2) is 7.69. The van der Waals surface area contributed by atoms with Gasteiger partial charge in [-0.15, -0.1) is 0 Å². The minimum Gasteiger partial charge on any atom is -0.314 e. The van der Waals surface area contributed by atoms with E-state index < -0.39 is 16.8 Å². The molecule has 0 saturated heterocycles. The van der Waals surface area contributed by atoms with Crippen LogP contribution in [0.5, 0.6) is 0 Å². The molecule has 0 fully saturated rings. The molecule has 0 amide bonds. The highest BCUT2D eigenvalue weighted by Gasteiger charge is 2.22. The van der Waals surface area contributed by atoms with Crippen molar-refractivity contribution < 1.29 is 8.22 Å². The van der Waals surface area contributed by atoms with Crippen molar-refractivity contribution in [2.45, 2.75) is 78.8 Å². The van der Waals surface area contributed by atoms with Crippen LogP contribution in [0.1, 0.15) is 40.5 Å². The Bertz CT molecular complexity index is 344. The highest BCUT2D eigenvalue weighted by molar-refractivity contribution is 6.71. The molecule has 20 heavy (non-hydrogen) atoms. The first-order valence-corrected chi connectivity index (χ1v) is 13.7. The fourth-order valence-corrected chi connectivity index (χ4v) is 5.49. The average Bonchev–Trinajstić information content (AvgIpc) is 2.20. The molecular weight excluding hydrogens is 286 g/mol. The van der Waals surface area contributed by atoms with Crippen LogP contribution in [0.25, 0.3) is 0 Å². The van der Waals surface area contributed by atoms with Crippen LogP contribution in [0.4, 0.5) is 8.22 Å². The smallest absolute Gasteiger partial charge is 0.244 e. The molecule has 0 heterocycles. The summed E-state index contributed by atoms with van der Waals surface area (Å²) in [5, 5.41) is 0. The predicted octanol–water partition coefficient (Wildman–Crippen LogP) is 6.79. The van der Waals surface area contributed by atoms with Crippen LogP contribution in [0.15, 0.2) is 22.3 Å². The standard InChI is InChI=1S/C16H32F2Si2/c1-13(15(3)11-19(5,6)17)9-10-14(2)16(4)12-20(7,8)18/h9-12H2,1-8H3/b15-13-,16-14-. The van der Waals surface area contributed by atoms with E-state index in [1.54, 1.807) is 26.2 Å². The topological polar surface area (TPSA) is 0 Å². The maximum absolute atomic E-state index is 13.8. The Labute approximate surface area is 126 Å². The van der Waals surface area contributed by atoms with Crippen LogP contribution >= 0.6 is 0 Å². The van der Waals surface area contributed by atoms with Gasteiger partial charge in [-0.05, 0) is 78.8 Å². The number of hydrogen-bond donors (Lipinski definition) is 0. The van der Waals surface area contributed by atoms with Gasteiger partial charge in [0.15, 0.2) is 0 Å². The van der Waals surface area contributed by atoms with Gasteiger partial charge >= 0.3 is 0 Å². The lowest BCUT2D eigenvalue weighted by atomic mass is 10.0. The Morgan fingerprint density at radius 2 is 0.850 bits per heavy atom. The average molecular weight is 319 g/mol. The van der Waals surface area contributed by atoms with Gasteiger partial charge in [0, 0.05) is 0 Å². The molecule has 4 heteroatoms. The van der Waals surface area contributed by atoms with Crippen LogP contribution in [0, 0.1) is 0 Å². The summed E-state index contributed by atoms with van der Waals surface area (Å²) in [7, 11) is -5.01. The summed E-state index contributed by atoms with van der Waals surface area (Å²) < 4.78 is 27.5. The molecule has 118 valence electrons. The Hall–Kier alpha value is -0.226. The molecule has 0 bridgehead atoms. The maximum Gasteiger partial charge on any atom is 0.244 e. The van der Waals surface area contributed by atoms with E-state index in [1.165, 1.54) is 22.3 Å². The first-order chi connectivity index (χ1) is 8.82. The fraction of sp³-hybridized carbons (Fsp3) is 0.750. The minimum atomic E-state index is -2.51. The van der Waals surface area contributed by atoms with Gasteiger partial charge in [0.25, 0.3) is 0 Å². The van der Waals surface area contributed by atoms with Crippen LogP contribution in [0.2, 0.25) is 38.3 Å². The van der Waals surface area contributed by atoms with Gasteiger partial charge in [-0.25, -0.2) is 0 Å². The Balaban J connectivity index is 4.61. The highest BCUT2D eigenvalue weighted by atomic mass is 28.4. The molecule has 0 rings (SSSR count). The number of allylic oxidation sites excluding steroid dienone is 4. The summed E-state index contributed by atoms with van der Waals surface area (Å²) >= 11 is 0. The lowest BCUT2D eigenvalue weighted by molar-refractivity contribution is 0.786. The van der Waals surface area contributed by atoms with Gasteiger partial charge in [-0.2, -0.15) is 0 Å². The van der Waals surface area contributed by atoms with Gasteiger partial charge in [-0.3, -0.25) is 0 Å². The van der Waals surface area contributed by atoms with Crippen LogP contribution in [-0.2, 0) is 0 Å². The Morgan fingerprint density at radius 1 is 0.600 bits per heavy atom. The lowest BCUT2D eigenvalue weighted by Crippen LogP contribution is -2.18. The summed E-state index contributed by atoms with van der Waals surface area (Å²) in [6, 6.07) is 1.26. The van der Waals surface area contributed by atoms with Crippen molar-refractivity contribution in [3.63, 3.8) is 0 Å². The van der Waals surface area contributed by atoms with Crippen LogP contribution in [0.3, 0.4) is 0 Å². The van der Waals surface area contributed by atoms with E-state index in [0.717, 1.165) is 12.8 Å². The summed E-state index contributed by atoms with van der Waals surface area (Å²) in [5.74, 6) is 0. The van der Waals surface area contributed by atoms with E-state index in [9.17, 15) is 8.22 Å². The molecule has 0 aliphatic heterocycles. The van der Waals surface area contributed by atoms with E-state index >= 15 is 0 Å². The van der Waals surface area contributed by atoms with E-state index in [-0.39, 0.29) is 0 Å². The molecule has 0 saturated carbocycles. The van der Waals surface area contributed by atoms with Gasteiger partial charge in [-0.1, -0.05) is 22.3 Å². The molecular formula is C16H32F2Si2. The summed E-state index contributed by atoms with van der Waals surface area (Å²) in [6.45, 7) is 15.3. The lowest BCUT2D eigenvalue weighted by Gasteiger charge is -2.16. The summed E-state index contributed by atoms with van der Waals surface area (Å²) in [5.41, 5.74) is 5.00. The Morgan fingerprint density at radius 3 is 1.05 bits per heavy atom. The molecule has 0 aromatic carbocycles. The zero-order chi connectivity index (χ0) is 16.1. The highest BCUT2D eigenvalue weighted by Crippen LogP contribution is 2.26. The van der Waals surface area contributed by atoms with Crippen molar-refractivity contribution in [1.82, 2.24) is 0 Å². The van der Waals surface area contributed by atoms with Crippen molar-refractivity contribution in [2.75, 3.05) is 0 Å². The monoisotopic (exact) mass is 318 g/mol. The van der Waals surface area contributed by atoms with E-state index in [2.05, 4.69) is 13.8 Å². The SMILES string of the molecule is C/C(CC/C(C)=C(/C)C[Si](C)(C)F)=C(\C)C[Si](C)(C)F. The first kappa shape index (κ1) is 19.8. The summed E-state index contributed by atoms with van der Waals surface area (Å²) in [4.78, 5) is 0. The molecule has 0 aliphatic rings. The van der Waals surface area contributed by atoms with Crippen molar-refractivity contribution >= 4 is 16.8 Å². The van der Waals surface area contributed by atoms with Crippen molar-refractivity contribution in [3.05, 3.63) is 22.3 Å². The van der Waals surface area contributed by atoms with Gasteiger partial charge in [0.2, 0.25) is 16.8 Å². The second-order valence-electron chi connectivity index (χ2n) is 7.41. The molecule has 0 nitrogen and oxygen atoms in total. The van der Waals surface area contributed by atoms with Crippen molar-refractivity contribution in [2.24, 2.45) is 0 Å². The van der Waals surface area contributed by atoms with Crippen LogP contribution in [-0.4, -0.2) is 16.8 Å². The zero-order valence-corrected chi connectivity index (χ0v) is 16.6. The molecule has 0 atom stereocenters. The minimum absolute atomic E-state index is 0.630. The molecule has 0 spiro atoms. The molecule has 0 aliphatic carbocycles. The van der Waals surface area contributed by atoms with E-state index in [4.69, 9.17) is 0 Å². The van der Waals surface area contributed by atoms with Crippen molar-refractivity contribution in [3.8, 4) is 0 Å². The fourth-order valence-electron chi connectivity index (χ4n) is 2.36. The van der Waals surface area contributed by atoms with Gasteiger partial charge in [0.1, 0.15) is 0 Å². The summed E-state index contributed by atoms with van der Waals surface area (Å²) in [6.07, 6.45) is 1.93. The predicted molar refractivity (Wildman–Crippen MR) is 92.8 cm³/mol. The largest absolute Gasteiger partial charge is 0.314 e. The van der Waals surface area contributed by atoms with Gasteiger partial charge < -0.3 is 8.22 Å². The molecule has 0 N–H and O–H groups in total. The molecule has 0 unspecified atom stereocenters. The number of hydrogen-bond acceptors (Lipinski definition) is 0. The first-order valence-electron chi connectivity index (χ1n) is 7.50. The van der Waals surface area contributed by atoms with Crippen molar-refractivity contribution in [1.29, 1.82) is 0 Å². The number of rotatable bonds is 7. The zero-order valence-electron chi connectivity index (χ0n) is 14.6. The molecule has 0 aromatic heterocycles. The normalized spacial score (nSPS) is 15.9. The third-order valence-electron chi connectivity index (χ3n) is 3.70. The Kier molecular flexibility index (Phi) is 7.60. The molecule has 0 aromatic rings. The van der Waals surface area contributed by atoms with E-state index in [0.29, 0.717) is 12.1 Å². The maximum atomic E-state index is 13.8. The van der Waals surface area contributed by atoms with E-state index in [1.807, 2.05) is 13.8 Å². The van der Waals surface area contributed by atoms with Gasteiger partial charge in [0.05, 0.1) is 0 Å². The third-order valence-corrected chi connectivity index (χ3v) is 6.45. The molecule has 0 radical (unpaired) electrons.